The summed E-state index contributed by atoms with van der Waals surface area (Å²) in [6.45, 7) is 1.99. The van der Waals surface area contributed by atoms with Crippen LogP contribution in [0, 0.1) is 20.6 Å². The summed E-state index contributed by atoms with van der Waals surface area (Å²) in [4.78, 5) is 22.1. The lowest BCUT2D eigenvalue weighted by Gasteiger charge is -2.07. The molecule has 0 saturated heterocycles. The third kappa shape index (κ3) is 3.32. The normalized spacial score (nSPS) is 10.1. The van der Waals surface area contributed by atoms with E-state index < -0.39 is 4.92 Å². The molecule has 0 atom stereocenters. The Hall–Kier alpha value is -1.96. The number of carbonyl (C=O) groups is 1. The van der Waals surface area contributed by atoms with Crippen LogP contribution >= 0.6 is 22.6 Å². The van der Waals surface area contributed by atoms with Gasteiger partial charge in [-0.15, -0.1) is 0 Å². The molecule has 0 fully saturated rings. The molecule has 0 spiro atoms. The minimum Gasteiger partial charge on any atom is -0.322 e. The average molecular weight is 382 g/mol. The molecule has 0 aliphatic carbocycles. The first-order valence-corrected chi connectivity index (χ1v) is 6.87. The van der Waals surface area contributed by atoms with Crippen LogP contribution < -0.4 is 5.32 Å². The van der Waals surface area contributed by atoms with Gasteiger partial charge in [-0.3, -0.25) is 14.9 Å². The van der Waals surface area contributed by atoms with Crippen molar-refractivity contribution in [3.8, 4) is 0 Å². The lowest BCUT2D eigenvalue weighted by molar-refractivity contribution is -0.384. The van der Waals surface area contributed by atoms with E-state index in [1.807, 2.05) is 25.1 Å². The van der Waals surface area contributed by atoms with Crippen LogP contribution in [0.25, 0.3) is 0 Å². The largest absolute Gasteiger partial charge is 0.322 e. The van der Waals surface area contributed by atoms with E-state index in [-0.39, 0.29) is 11.6 Å². The van der Waals surface area contributed by atoms with Crippen LogP contribution in [0.2, 0.25) is 0 Å². The van der Waals surface area contributed by atoms with Gasteiger partial charge in [0.1, 0.15) is 0 Å². The molecule has 0 aromatic heterocycles. The lowest BCUT2D eigenvalue weighted by atomic mass is 10.2. The van der Waals surface area contributed by atoms with Crippen LogP contribution in [0.3, 0.4) is 0 Å². The van der Waals surface area contributed by atoms with Gasteiger partial charge in [-0.1, -0.05) is 6.07 Å². The predicted molar refractivity (Wildman–Crippen MR) is 84.9 cm³/mol. The van der Waals surface area contributed by atoms with Crippen molar-refractivity contribution in [1.82, 2.24) is 0 Å². The molecule has 2 rings (SSSR count). The molecule has 0 aliphatic heterocycles. The molecule has 6 heteroatoms. The van der Waals surface area contributed by atoms with E-state index in [1.165, 1.54) is 24.3 Å². The van der Waals surface area contributed by atoms with Crippen LogP contribution in [0.15, 0.2) is 42.5 Å². The number of anilines is 1. The van der Waals surface area contributed by atoms with E-state index in [2.05, 4.69) is 27.9 Å². The summed E-state index contributed by atoms with van der Waals surface area (Å²) in [7, 11) is 0. The number of hydrogen-bond acceptors (Lipinski definition) is 3. The monoisotopic (exact) mass is 382 g/mol. The Kier molecular flexibility index (Phi) is 4.33. The van der Waals surface area contributed by atoms with E-state index in [0.29, 0.717) is 11.3 Å². The molecule has 1 N–H and O–H groups in total. The fraction of sp³-hybridized carbons (Fsp3) is 0.0714. The van der Waals surface area contributed by atoms with Crippen molar-refractivity contribution >= 4 is 39.9 Å². The third-order valence-electron chi connectivity index (χ3n) is 2.77. The van der Waals surface area contributed by atoms with Gasteiger partial charge in [-0.05, 0) is 59.3 Å². The smallest absolute Gasteiger partial charge is 0.269 e. The Bertz CT molecular complexity index is 669. The van der Waals surface area contributed by atoms with Crippen LogP contribution in [0.1, 0.15) is 15.9 Å². The van der Waals surface area contributed by atoms with Crippen molar-refractivity contribution in [1.29, 1.82) is 0 Å². The number of nitro groups is 1. The average Bonchev–Trinajstić information content (AvgIpc) is 2.43. The number of carbonyl (C=O) groups excluding carboxylic acids is 1. The predicted octanol–water partition coefficient (Wildman–Crippen LogP) is 3.76. The van der Waals surface area contributed by atoms with E-state index >= 15 is 0 Å². The number of benzene rings is 2. The first-order valence-electron chi connectivity index (χ1n) is 5.79. The number of nitrogens with one attached hydrogen (secondary N) is 1. The number of aryl methyl sites for hydroxylation is 1. The van der Waals surface area contributed by atoms with Gasteiger partial charge in [0.25, 0.3) is 11.6 Å². The van der Waals surface area contributed by atoms with Crippen LogP contribution in [0.4, 0.5) is 11.4 Å². The summed E-state index contributed by atoms with van der Waals surface area (Å²) >= 11 is 2.20. The second-order valence-electron chi connectivity index (χ2n) is 4.22. The van der Waals surface area contributed by atoms with Gasteiger partial charge in [0.05, 0.1) is 4.92 Å². The Morgan fingerprint density at radius 2 is 1.85 bits per heavy atom. The number of halogens is 1. The number of rotatable bonds is 3. The van der Waals surface area contributed by atoms with Gasteiger partial charge in [-0.2, -0.15) is 0 Å². The first-order chi connectivity index (χ1) is 9.47. The van der Waals surface area contributed by atoms with E-state index in [0.717, 1.165) is 9.13 Å². The van der Waals surface area contributed by atoms with Crippen molar-refractivity contribution in [3.05, 3.63) is 67.3 Å². The molecule has 0 saturated carbocycles. The van der Waals surface area contributed by atoms with Gasteiger partial charge in [0, 0.05) is 27.0 Å². The number of nitrogens with zero attached hydrogens (tertiary/aromatic N) is 1. The molecule has 1 amide bonds. The van der Waals surface area contributed by atoms with E-state index in [9.17, 15) is 14.9 Å². The molecule has 102 valence electrons. The summed E-state index contributed by atoms with van der Waals surface area (Å²) in [5, 5.41) is 13.3. The van der Waals surface area contributed by atoms with Gasteiger partial charge in [0.2, 0.25) is 0 Å². The minimum atomic E-state index is -0.496. The second kappa shape index (κ2) is 6.00. The highest BCUT2D eigenvalue weighted by Crippen LogP contribution is 2.18. The zero-order valence-electron chi connectivity index (χ0n) is 10.6. The van der Waals surface area contributed by atoms with Crippen LogP contribution in [-0.2, 0) is 0 Å². The van der Waals surface area contributed by atoms with E-state index in [1.54, 1.807) is 0 Å². The minimum absolute atomic E-state index is 0.0357. The molecule has 0 aliphatic rings. The highest BCUT2D eigenvalue weighted by molar-refractivity contribution is 14.1. The van der Waals surface area contributed by atoms with Crippen molar-refractivity contribution in [2.75, 3.05) is 5.32 Å². The molecule has 0 unspecified atom stereocenters. The highest BCUT2D eigenvalue weighted by Gasteiger charge is 2.10. The quantitative estimate of drug-likeness (QED) is 0.499. The second-order valence-corrected chi connectivity index (χ2v) is 5.38. The zero-order chi connectivity index (χ0) is 14.7. The van der Waals surface area contributed by atoms with Crippen molar-refractivity contribution in [2.45, 2.75) is 6.92 Å². The summed E-state index contributed by atoms with van der Waals surface area (Å²) in [6, 6.07) is 11.1. The van der Waals surface area contributed by atoms with Crippen LogP contribution in [-0.4, -0.2) is 10.8 Å². The topological polar surface area (TPSA) is 72.2 Å². The number of hydrogen-bond donors (Lipinski definition) is 1. The standard InChI is InChI=1S/C14H11IN2O3/c1-9-2-5-11(8-13(9)15)16-14(18)10-3-6-12(7-4-10)17(19)20/h2-8H,1H3,(H,16,18). The number of amides is 1. The zero-order valence-corrected chi connectivity index (χ0v) is 12.7. The maximum absolute atomic E-state index is 12.0. The first kappa shape index (κ1) is 14.4. The summed E-state index contributed by atoms with van der Waals surface area (Å²) in [5.41, 5.74) is 2.18. The molecule has 0 radical (unpaired) electrons. The molecule has 2 aromatic carbocycles. The lowest BCUT2D eigenvalue weighted by Crippen LogP contribution is -2.12. The Labute approximate surface area is 129 Å². The molecule has 5 nitrogen and oxygen atoms in total. The number of nitro benzene ring substituents is 1. The molecular formula is C14H11IN2O3. The maximum atomic E-state index is 12.0. The van der Waals surface area contributed by atoms with Crippen molar-refractivity contribution in [2.24, 2.45) is 0 Å². The Morgan fingerprint density at radius 1 is 1.20 bits per heavy atom. The third-order valence-corrected chi connectivity index (χ3v) is 3.93. The maximum Gasteiger partial charge on any atom is 0.269 e. The molecular weight excluding hydrogens is 371 g/mol. The summed E-state index contributed by atoms with van der Waals surface area (Å²) < 4.78 is 1.06. The summed E-state index contributed by atoms with van der Waals surface area (Å²) in [6.07, 6.45) is 0. The number of non-ortho nitro benzene ring substituents is 1. The van der Waals surface area contributed by atoms with Crippen LogP contribution in [0.5, 0.6) is 0 Å². The van der Waals surface area contributed by atoms with E-state index in [4.69, 9.17) is 0 Å². The SMILES string of the molecule is Cc1ccc(NC(=O)c2ccc([N+](=O)[O-])cc2)cc1I. The molecule has 0 heterocycles. The molecule has 20 heavy (non-hydrogen) atoms. The van der Waals surface area contributed by atoms with Crippen molar-refractivity contribution in [3.63, 3.8) is 0 Å². The van der Waals surface area contributed by atoms with Gasteiger partial charge in [0.15, 0.2) is 0 Å². The summed E-state index contributed by atoms with van der Waals surface area (Å²) in [5.74, 6) is -0.292. The fourth-order valence-electron chi connectivity index (χ4n) is 1.61. The molecule has 2 aromatic rings. The van der Waals surface area contributed by atoms with Gasteiger partial charge >= 0.3 is 0 Å². The Morgan fingerprint density at radius 3 is 2.40 bits per heavy atom. The molecule has 0 bridgehead atoms. The van der Waals surface area contributed by atoms with Gasteiger partial charge in [-0.25, -0.2) is 0 Å². The highest BCUT2D eigenvalue weighted by atomic mass is 127. The van der Waals surface area contributed by atoms with Crippen molar-refractivity contribution < 1.29 is 9.72 Å². The Balaban J connectivity index is 2.15. The van der Waals surface area contributed by atoms with Gasteiger partial charge < -0.3 is 5.32 Å². The fourth-order valence-corrected chi connectivity index (χ4v) is 2.12.